The molecule has 1 fully saturated rings. The number of unbranched alkanes of at least 4 members (excludes halogenated alkanes) is 2. The van der Waals surface area contributed by atoms with Crippen LogP contribution in [0.4, 0.5) is 17.2 Å². The summed E-state index contributed by atoms with van der Waals surface area (Å²) in [4.78, 5) is 21.9. The summed E-state index contributed by atoms with van der Waals surface area (Å²) >= 11 is 0. The maximum absolute atomic E-state index is 12.8. The maximum atomic E-state index is 12.8. The lowest BCUT2D eigenvalue weighted by Crippen LogP contribution is -2.36. The number of rotatable bonds is 10. The Kier molecular flexibility index (Phi) is 8.71. The van der Waals surface area contributed by atoms with Crippen LogP contribution in [0.2, 0.25) is 0 Å². The first-order chi connectivity index (χ1) is 15.1. The molecule has 0 bridgehead atoms. The van der Waals surface area contributed by atoms with Crippen LogP contribution >= 0.6 is 0 Å². The predicted octanol–water partition coefficient (Wildman–Crippen LogP) is 4.99. The highest BCUT2D eigenvalue weighted by molar-refractivity contribution is 5.95. The summed E-state index contributed by atoms with van der Waals surface area (Å²) in [6.07, 6.45) is 4.94. The number of esters is 1. The van der Waals surface area contributed by atoms with Gasteiger partial charge in [0.05, 0.1) is 19.8 Å². The van der Waals surface area contributed by atoms with E-state index in [2.05, 4.69) is 43.0 Å². The molecular formula is C25H35N3O3. The lowest BCUT2D eigenvalue weighted by Gasteiger charge is -2.29. The smallest absolute Gasteiger partial charge is 0.341 e. The molecule has 0 spiro atoms. The molecule has 1 aromatic carbocycles. The molecule has 1 saturated heterocycles. The van der Waals surface area contributed by atoms with E-state index >= 15 is 0 Å². The van der Waals surface area contributed by atoms with Crippen LogP contribution in [0, 0.1) is 0 Å². The van der Waals surface area contributed by atoms with Crippen LogP contribution in [0.1, 0.15) is 55.6 Å². The molecule has 6 nitrogen and oxygen atoms in total. The Morgan fingerprint density at radius 3 is 2.45 bits per heavy atom. The fraction of sp³-hybridized carbons (Fsp3) is 0.520. The van der Waals surface area contributed by atoms with Crippen molar-refractivity contribution >= 4 is 23.2 Å². The number of carbonyl (C=O) groups is 1. The van der Waals surface area contributed by atoms with Crippen molar-refractivity contribution in [1.82, 2.24) is 4.98 Å². The van der Waals surface area contributed by atoms with Crippen molar-refractivity contribution in [1.29, 1.82) is 0 Å². The fourth-order valence-electron chi connectivity index (χ4n) is 3.62. The molecule has 0 amide bonds. The zero-order valence-electron chi connectivity index (χ0n) is 19.1. The summed E-state index contributed by atoms with van der Waals surface area (Å²) in [7, 11) is 1.96. The highest BCUT2D eigenvalue weighted by Gasteiger charge is 2.20. The quantitative estimate of drug-likeness (QED) is 0.395. The van der Waals surface area contributed by atoms with E-state index in [1.54, 1.807) is 0 Å². The average molecular weight is 426 g/mol. The molecule has 1 aliphatic heterocycles. The van der Waals surface area contributed by atoms with E-state index in [1.165, 1.54) is 5.69 Å². The van der Waals surface area contributed by atoms with E-state index in [9.17, 15) is 4.79 Å². The fourth-order valence-corrected chi connectivity index (χ4v) is 3.62. The van der Waals surface area contributed by atoms with Gasteiger partial charge in [-0.15, -0.1) is 0 Å². The van der Waals surface area contributed by atoms with Gasteiger partial charge in [-0.25, -0.2) is 9.78 Å². The first kappa shape index (κ1) is 23.1. The van der Waals surface area contributed by atoms with Gasteiger partial charge in [0.1, 0.15) is 11.4 Å². The topological polar surface area (TPSA) is 54.9 Å². The number of benzene rings is 1. The van der Waals surface area contributed by atoms with Crippen LogP contribution in [-0.4, -0.2) is 50.9 Å². The van der Waals surface area contributed by atoms with Crippen LogP contribution in [-0.2, 0) is 15.9 Å². The van der Waals surface area contributed by atoms with Crippen LogP contribution in [0.15, 0.2) is 36.4 Å². The molecule has 2 heterocycles. The third kappa shape index (κ3) is 6.20. The van der Waals surface area contributed by atoms with Gasteiger partial charge in [-0.1, -0.05) is 26.7 Å². The first-order valence-electron chi connectivity index (χ1n) is 11.5. The minimum Gasteiger partial charge on any atom is -0.462 e. The third-order valence-corrected chi connectivity index (χ3v) is 5.60. The van der Waals surface area contributed by atoms with Crippen molar-refractivity contribution in [3.8, 4) is 0 Å². The number of carbonyl (C=O) groups excluding carboxylic acids is 1. The van der Waals surface area contributed by atoms with Gasteiger partial charge in [-0.2, -0.15) is 0 Å². The van der Waals surface area contributed by atoms with Crippen molar-refractivity contribution in [2.24, 2.45) is 0 Å². The Morgan fingerprint density at radius 1 is 1.06 bits per heavy atom. The molecule has 0 atom stereocenters. The van der Waals surface area contributed by atoms with Crippen LogP contribution in [0.5, 0.6) is 0 Å². The summed E-state index contributed by atoms with van der Waals surface area (Å²) < 4.78 is 10.9. The molecule has 3 rings (SSSR count). The van der Waals surface area contributed by atoms with Gasteiger partial charge in [0, 0.05) is 37.2 Å². The van der Waals surface area contributed by atoms with Crippen molar-refractivity contribution in [2.45, 2.75) is 46.0 Å². The van der Waals surface area contributed by atoms with Crippen LogP contribution in [0.25, 0.3) is 0 Å². The molecule has 31 heavy (non-hydrogen) atoms. The summed E-state index contributed by atoms with van der Waals surface area (Å²) in [6.45, 7) is 8.03. The van der Waals surface area contributed by atoms with Gasteiger partial charge in [-0.05, 0) is 55.7 Å². The number of nitrogens with zero attached hydrogens (tertiary/aromatic N) is 3. The van der Waals surface area contributed by atoms with E-state index in [0.717, 1.165) is 69.8 Å². The van der Waals surface area contributed by atoms with Crippen LogP contribution in [0.3, 0.4) is 0 Å². The largest absolute Gasteiger partial charge is 0.462 e. The van der Waals surface area contributed by atoms with Gasteiger partial charge < -0.3 is 19.3 Å². The SMILES string of the molecule is CCCCOC(=O)c1ccc(CCCC)nc1N(C)c1ccc(N2CCOCC2)cc1. The lowest BCUT2D eigenvalue weighted by atomic mass is 10.1. The number of ether oxygens (including phenoxy) is 2. The molecule has 1 aliphatic rings. The normalized spacial score (nSPS) is 13.8. The predicted molar refractivity (Wildman–Crippen MR) is 126 cm³/mol. The molecule has 2 aromatic rings. The summed E-state index contributed by atoms with van der Waals surface area (Å²) in [5.74, 6) is 0.337. The number of aryl methyl sites for hydroxylation is 1. The zero-order chi connectivity index (χ0) is 22.1. The summed E-state index contributed by atoms with van der Waals surface area (Å²) in [6, 6.07) is 12.2. The standard InChI is InChI=1S/C25H35N3O3/c1-4-6-8-20-9-14-23(25(29)31-17-7-5-2)24(26-20)27(3)21-10-12-22(13-11-21)28-15-18-30-19-16-28/h9-14H,4-8,15-19H2,1-3H3. The van der Waals surface area contributed by atoms with E-state index in [4.69, 9.17) is 14.5 Å². The van der Waals surface area contributed by atoms with Crippen molar-refractivity contribution in [3.05, 3.63) is 47.7 Å². The van der Waals surface area contributed by atoms with Crippen molar-refractivity contribution in [2.75, 3.05) is 49.8 Å². The van der Waals surface area contributed by atoms with E-state index in [-0.39, 0.29) is 5.97 Å². The molecule has 0 N–H and O–H groups in total. The second kappa shape index (κ2) is 11.7. The number of pyridine rings is 1. The number of hydrogen-bond acceptors (Lipinski definition) is 6. The van der Waals surface area contributed by atoms with Crippen LogP contribution < -0.4 is 9.80 Å². The minimum absolute atomic E-state index is 0.310. The molecule has 0 unspecified atom stereocenters. The number of hydrogen-bond donors (Lipinski definition) is 0. The molecule has 0 aliphatic carbocycles. The highest BCUT2D eigenvalue weighted by Crippen LogP contribution is 2.29. The Bertz CT molecular complexity index is 832. The maximum Gasteiger partial charge on any atom is 0.341 e. The second-order valence-corrected chi connectivity index (χ2v) is 7.94. The Balaban J connectivity index is 1.83. The van der Waals surface area contributed by atoms with E-state index in [0.29, 0.717) is 18.0 Å². The molecule has 168 valence electrons. The molecule has 0 radical (unpaired) electrons. The minimum atomic E-state index is -0.310. The Morgan fingerprint density at radius 2 is 1.77 bits per heavy atom. The van der Waals surface area contributed by atoms with Gasteiger partial charge in [-0.3, -0.25) is 0 Å². The van der Waals surface area contributed by atoms with Gasteiger partial charge >= 0.3 is 5.97 Å². The number of anilines is 3. The second-order valence-electron chi connectivity index (χ2n) is 7.94. The Hall–Kier alpha value is -2.60. The number of morpholine rings is 1. The first-order valence-corrected chi connectivity index (χ1v) is 11.5. The molecular weight excluding hydrogens is 390 g/mol. The number of aromatic nitrogens is 1. The van der Waals surface area contributed by atoms with Gasteiger partial charge in [0.2, 0.25) is 0 Å². The highest BCUT2D eigenvalue weighted by atomic mass is 16.5. The van der Waals surface area contributed by atoms with E-state index in [1.807, 2.05) is 24.1 Å². The van der Waals surface area contributed by atoms with Crippen molar-refractivity contribution in [3.63, 3.8) is 0 Å². The van der Waals surface area contributed by atoms with Crippen molar-refractivity contribution < 1.29 is 14.3 Å². The lowest BCUT2D eigenvalue weighted by molar-refractivity contribution is 0.0500. The van der Waals surface area contributed by atoms with Gasteiger partial charge in [0.25, 0.3) is 0 Å². The summed E-state index contributed by atoms with van der Waals surface area (Å²) in [5, 5.41) is 0. The third-order valence-electron chi connectivity index (χ3n) is 5.60. The molecule has 1 aromatic heterocycles. The van der Waals surface area contributed by atoms with Gasteiger partial charge in [0.15, 0.2) is 0 Å². The summed E-state index contributed by atoms with van der Waals surface area (Å²) in [5.41, 5.74) is 3.68. The zero-order valence-corrected chi connectivity index (χ0v) is 19.1. The average Bonchev–Trinajstić information content (AvgIpc) is 2.83. The monoisotopic (exact) mass is 425 g/mol. The molecule has 0 saturated carbocycles. The molecule has 6 heteroatoms. The Labute approximate surface area is 186 Å². The van der Waals surface area contributed by atoms with E-state index < -0.39 is 0 Å².